The topological polar surface area (TPSA) is 79.4 Å². The van der Waals surface area contributed by atoms with Crippen LogP contribution in [0, 0.1) is 13.8 Å². The summed E-state index contributed by atoms with van der Waals surface area (Å²) in [5, 5.41) is 7.52. The quantitative estimate of drug-likeness (QED) is 0.751. The van der Waals surface area contributed by atoms with Gasteiger partial charge in [-0.25, -0.2) is 4.79 Å². The standard InChI is InChI=1S/C20H26N6O2/c1-14-12-15(2)26(23-14)16(3)13-21-19(27)24-8-10-25(11-9-24)20-22-17-6-4-5-7-18(17)28-20/h4-7,12,16H,8-11,13H2,1-3H3,(H,21,27)/t16-/m0/s1. The third-order valence-electron chi connectivity index (χ3n) is 5.13. The van der Waals surface area contributed by atoms with Gasteiger partial charge in [-0.05, 0) is 39.0 Å². The van der Waals surface area contributed by atoms with Crippen molar-refractivity contribution >= 4 is 23.1 Å². The highest BCUT2D eigenvalue weighted by Crippen LogP contribution is 2.22. The lowest BCUT2D eigenvalue weighted by Gasteiger charge is -2.34. The van der Waals surface area contributed by atoms with Gasteiger partial charge in [0.15, 0.2) is 5.58 Å². The highest BCUT2D eigenvalue weighted by Gasteiger charge is 2.24. The van der Waals surface area contributed by atoms with Gasteiger partial charge in [0, 0.05) is 38.4 Å². The number of fused-ring (bicyclic) bond motifs is 1. The minimum atomic E-state index is -0.0365. The van der Waals surface area contributed by atoms with Crippen molar-refractivity contribution in [3.63, 3.8) is 0 Å². The van der Waals surface area contributed by atoms with Crippen molar-refractivity contribution in [1.29, 1.82) is 0 Å². The Kier molecular flexibility index (Phi) is 4.93. The molecule has 28 heavy (non-hydrogen) atoms. The second-order valence-electron chi connectivity index (χ2n) is 7.35. The van der Waals surface area contributed by atoms with E-state index >= 15 is 0 Å². The number of para-hydroxylation sites is 2. The zero-order chi connectivity index (χ0) is 19.7. The summed E-state index contributed by atoms with van der Waals surface area (Å²) < 4.78 is 7.79. The molecule has 1 aliphatic heterocycles. The molecule has 1 atom stereocenters. The number of hydrogen-bond donors (Lipinski definition) is 1. The molecule has 148 valence electrons. The average molecular weight is 382 g/mol. The van der Waals surface area contributed by atoms with Gasteiger partial charge in [0.05, 0.1) is 11.7 Å². The number of urea groups is 1. The first-order valence-electron chi connectivity index (χ1n) is 9.67. The number of carbonyl (C=O) groups is 1. The van der Waals surface area contributed by atoms with E-state index < -0.39 is 0 Å². The van der Waals surface area contributed by atoms with Crippen LogP contribution in [0.5, 0.6) is 0 Å². The SMILES string of the molecule is Cc1cc(C)n([C@@H](C)CNC(=O)N2CCN(c3nc4ccccc4o3)CC2)n1. The molecule has 2 aromatic heterocycles. The van der Waals surface area contributed by atoms with E-state index in [0.717, 1.165) is 22.5 Å². The molecule has 1 aliphatic rings. The summed E-state index contributed by atoms with van der Waals surface area (Å²) in [6.07, 6.45) is 0. The summed E-state index contributed by atoms with van der Waals surface area (Å²) >= 11 is 0. The van der Waals surface area contributed by atoms with Crippen LogP contribution in [0.25, 0.3) is 11.1 Å². The van der Waals surface area contributed by atoms with Gasteiger partial charge in [-0.3, -0.25) is 4.68 Å². The first-order chi connectivity index (χ1) is 13.5. The second kappa shape index (κ2) is 7.53. The molecule has 8 heteroatoms. The number of nitrogens with one attached hydrogen (secondary N) is 1. The van der Waals surface area contributed by atoms with Crippen molar-refractivity contribution in [3.8, 4) is 0 Å². The Hall–Kier alpha value is -3.03. The summed E-state index contributed by atoms with van der Waals surface area (Å²) in [4.78, 5) is 21.0. The molecule has 2 amide bonds. The molecule has 1 fully saturated rings. The summed E-state index contributed by atoms with van der Waals surface area (Å²) in [5.41, 5.74) is 3.74. The Bertz CT molecular complexity index is 937. The summed E-state index contributed by atoms with van der Waals surface area (Å²) in [7, 11) is 0. The van der Waals surface area contributed by atoms with Crippen LogP contribution in [0.2, 0.25) is 0 Å². The predicted octanol–water partition coefficient (Wildman–Crippen LogP) is 2.73. The Balaban J connectivity index is 1.29. The molecule has 8 nitrogen and oxygen atoms in total. The van der Waals surface area contributed by atoms with Crippen LogP contribution in [0.15, 0.2) is 34.7 Å². The molecule has 0 aliphatic carbocycles. The number of oxazole rings is 1. The van der Waals surface area contributed by atoms with E-state index in [4.69, 9.17) is 4.42 Å². The zero-order valence-electron chi connectivity index (χ0n) is 16.6. The molecule has 1 aromatic carbocycles. The lowest BCUT2D eigenvalue weighted by molar-refractivity contribution is 0.191. The number of rotatable bonds is 4. The molecule has 0 saturated carbocycles. The molecule has 0 spiro atoms. The zero-order valence-corrected chi connectivity index (χ0v) is 16.6. The van der Waals surface area contributed by atoms with Gasteiger partial charge < -0.3 is 19.5 Å². The maximum Gasteiger partial charge on any atom is 0.317 e. The highest BCUT2D eigenvalue weighted by molar-refractivity contribution is 5.75. The summed E-state index contributed by atoms with van der Waals surface area (Å²) in [5.74, 6) is 0. The summed E-state index contributed by atoms with van der Waals surface area (Å²) in [6, 6.07) is 10.5. The minimum Gasteiger partial charge on any atom is -0.423 e. The van der Waals surface area contributed by atoms with E-state index in [1.54, 1.807) is 0 Å². The fourth-order valence-electron chi connectivity index (χ4n) is 3.62. The van der Waals surface area contributed by atoms with Crippen molar-refractivity contribution in [2.24, 2.45) is 0 Å². The summed E-state index contributed by atoms with van der Waals surface area (Å²) in [6.45, 7) is 9.30. The Morgan fingerprint density at radius 1 is 1.21 bits per heavy atom. The van der Waals surface area contributed by atoms with E-state index in [9.17, 15) is 4.79 Å². The lowest BCUT2D eigenvalue weighted by atomic mass is 10.3. The van der Waals surface area contributed by atoms with E-state index in [0.29, 0.717) is 38.7 Å². The van der Waals surface area contributed by atoms with Crippen LogP contribution in [0.1, 0.15) is 24.4 Å². The van der Waals surface area contributed by atoms with Gasteiger partial charge in [0.2, 0.25) is 0 Å². The Morgan fingerprint density at radius 3 is 2.64 bits per heavy atom. The Labute approximate surface area is 164 Å². The first-order valence-corrected chi connectivity index (χ1v) is 9.67. The predicted molar refractivity (Wildman–Crippen MR) is 108 cm³/mol. The molecular formula is C20H26N6O2. The molecule has 1 N–H and O–H groups in total. The number of carbonyl (C=O) groups excluding carboxylic acids is 1. The number of benzene rings is 1. The van der Waals surface area contributed by atoms with Crippen LogP contribution < -0.4 is 10.2 Å². The van der Waals surface area contributed by atoms with Gasteiger partial charge in [-0.1, -0.05) is 12.1 Å². The monoisotopic (exact) mass is 382 g/mol. The first kappa shape index (κ1) is 18.3. The van der Waals surface area contributed by atoms with Gasteiger partial charge >= 0.3 is 6.03 Å². The largest absolute Gasteiger partial charge is 0.423 e. The van der Waals surface area contributed by atoms with Gasteiger partial charge in [-0.15, -0.1) is 0 Å². The lowest BCUT2D eigenvalue weighted by Crippen LogP contribution is -2.52. The van der Waals surface area contributed by atoms with Gasteiger partial charge in [-0.2, -0.15) is 10.1 Å². The maximum absolute atomic E-state index is 12.5. The number of anilines is 1. The third kappa shape index (κ3) is 3.67. The van der Waals surface area contributed by atoms with E-state index in [2.05, 4.69) is 27.2 Å². The third-order valence-corrected chi connectivity index (χ3v) is 5.13. The highest BCUT2D eigenvalue weighted by atomic mass is 16.4. The van der Waals surface area contributed by atoms with Crippen LogP contribution in [-0.4, -0.2) is 58.4 Å². The number of hydrogen-bond acceptors (Lipinski definition) is 5. The molecule has 0 unspecified atom stereocenters. The number of aromatic nitrogens is 3. The molecule has 1 saturated heterocycles. The van der Waals surface area contributed by atoms with Crippen molar-refractivity contribution < 1.29 is 9.21 Å². The Morgan fingerprint density at radius 2 is 1.96 bits per heavy atom. The van der Waals surface area contributed by atoms with Crippen LogP contribution in [0.4, 0.5) is 10.8 Å². The molecule has 3 aromatic rings. The number of aryl methyl sites for hydroxylation is 2. The van der Waals surface area contributed by atoms with E-state index in [1.165, 1.54) is 0 Å². The number of nitrogens with zero attached hydrogens (tertiary/aromatic N) is 5. The minimum absolute atomic E-state index is 0.0365. The van der Waals surface area contributed by atoms with Gasteiger partial charge in [0.1, 0.15) is 5.52 Å². The number of amides is 2. The van der Waals surface area contributed by atoms with Gasteiger partial charge in [0.25, 0.3) is 6.01 Å². The van der Waals surface area contributed by atoms with Crippen molar-refractivity contribution in [1.82, 2.24) is 25.0 Å². The fourth-order valence-corrected chi connectivity index (χ4v) is 3.62. The molecule has 4 rings (SSSR count). The van der Waals surface area contributed by atoms with Crippen LogP contribution in [0.3, 0.4) is 0 Å². The molecule has 3 heterocycles. The van der Waals surface area contributed by atoms with E-state index in [1.807, 2.05) is 53.8 Å². The van der Waals surface area contributed by atoms with Crippen molar-refractivity contribution in [3.05, 3.63) is 41.7 Å². The maximum atomic E-state index is 12.5. The smallest absolute Gasteiger partial charge is 0.317 e. The fraction of sp³-hybridized carbons (Fsp3) is 0.450. The average Bonchev–Trinajstić information content (AvgIpc) is 3.28. The van der Waals surface area contributed by atoms with Crippen LogP contribution in [-0.2, 0) is 0 Å². The second-order valence-corrected chi connectivity index (χ2v) is 7.35. The molecule has 0 bridgehead atoms. The van der Waals surface area contributed by atoms with E-state index in [-0.39, 0.29) is 12.1 Å². The molecule has 0 radical (unpaired) electrons. The normalized spacial score (nSPS) is 15.8. The molecular weight excluding hydrogens is 356 g/mol. The van der Waals surface area contributed by atoms with Crippen LogP contribution >= 0.6 is 0 Å². The van der Waals surface area contributed by atoms with Crippen molar-refractivity contribution in [2.75, 3.05) is 37.6 Å². The van der Waals surface area contributed by atoms with Crippen molar-refractivity contribution in [2.45, 2.75) is 26.8 Å². The number of piperazine rings is 1.